The minimum atomic E-state index is -0.220. The molecule has 0 aromatic heterocycles. The van der Waals surface area contributed by atoms with Crippen molar-refractivity contribution in [1.82, 2.24) is 0 Å². The maximum Gasteiger partial charge on any atom is 0.315 e. The number of carbonyl (C=O) groups is 3. The third kappa shape index (κ3) is 6.70. The van der Waals surface area contributed by atoms with Crippen LogP contribution in [0.15, 0.2) is 33.8 Å². The molecule has 6 aliphatic carbocycles. The van der Waals surface area contributed by atoms with Gasteiger partial charge in [0, 0.05) is 90.1 Å². The van der Waals surface area contributed by atoms with Gasteiger partial charge in [-0.1, -0.05) is 90.5 Å². The van der Waals surface area contributed by atoms with Crippen molar-refractivity contribution in [3.8, 4) is 0 Å². The molecule has 2 aliphatic heterocycles. The number of Topliss-reactive ketones (excluding diaryl/α,β-unsaturated/α-hetero) is 1. The predicted molar refractivity (Wildman–Crippen MR) is 183 cm³/mol. The molecule has 5 nitrogen and oxygen atoms in total. The first-order valence-corrected chi connectivity index (χ1v) is 17.6. The van der Waals surface area contributed by atoms with Gasteiger partial charge in [-0.2, -0.15) is 12.8 Å². The van der Waals surface area contributed by atoms with Gasteiger partial charge >= 0.3 is 11.9 Å². The van der Waals surface area contributed by atoms with E-state index in [4.69, 9.17) is 9.47 Å². The minimum absolute atomic E-state index is 0. The van der Waals surface area contributed by atoms with Gasteiger partial charge in [-0.3, -0.25) is 14.4 Å². The van der Waals surface area contributed by atoms with E-state index in [0.29, 0.717) is 24.7 Å². The van der Waals surface area contributed by atoms with E-state index in [1.165, 1.54) is 35.1 Å². The molecule has 262 valence electrons. The first kappa shape index (κ1) is 42.5. The van der Waals surface area contributed by atoms with Crippen LogP contribution < -0.4 is 0 Å². The second kappa shape index (κ2) is 15.2. The SMILES string of the molecule is C.C.CC(C)=C1CCC2(C)C(C1)C(=O)OC1=C3CC[CH-]C3(C)CCC12.CC12[CH-]CCC1=C1OC(=O)C3CC(=O)CCC3(C)C1CC2.[Y].[Y]. The molecule has 0 bridgehead atoms. The Bertz CT molecular complexity index is 1400. The van der Waals surface area contributed by atoms with Crippen molar-refractivity contribution >= 4 is 17.7 Å². The molecule has 8 aliphatic rings. The van der Waals surface area contributed by atoms with Crippen LogP contribution in [0.4, 0.5) is 0 Å². The summed E-state index contributed by atoms with van der Waals surface area (Å²) in [7, 11) is 0. The van der Waals surface area contributed by atoms with Crippen LogP contribution in [0.1, 0.15) is 146 Å². The third-order valence-corrected chi connectivity index (χ3v) is 14.2. The molecule has 0 aromatic carbocycles. The van der Waals surface area contributed by atoms with Crippen LogP contribution in [0.3, 0.4) is 0 Å². The second-order valence-corrected chi connectivity index (χ2v) is 16.7. The number of ketones is 1. The van der Waals surface area contributed by atoms with E-state index in [-0.39, 0.29) is 131 Å². The number of hydrogen-bond donors (Lipinski definition) is 0. The van der Waals surface area contributed by atoms with Crippen LogP contribution in [-0.4, -0.2) is 17.7 Å². The first-order valence-electron chi connectivity index (χ1n) is 17.6. The number of carbonyl (C=O) groups excluding carboxylic acids is 3. The summed E-state index contributed by atoms with van der Waals surface area (Å²) in [5, 5.41) is 0. The normalized spacial score (nSPS) is 40.5. The topological polar surface area (TPSA) is 69.7 Å². The zero-order valence-electron chi connectivity index (χ0n) is 29.1. The van der Waals surface area contributed by atoms with Gasteiger partial charge in [-0.25, -0.2) is 0 Å². The van der Waals surface area contributed by atoms with E-state index < -0.39 is 0 Å². The van der Waals surface area contributed by atoms with Crippen molar-refractivity contribution in [2.75, 3.05) is 0 Å². The molecule has 8 unspecified atom stereocenters. The van der Waals surface area contributed by atoms with Crippen LogP contribution in [-0.2, 0) is 89.3 Å². The van der Waals surface area contributed by atoms with E-state index in [9.17, 15) is 14.4 Å². The van der Waals surface area contributed by atoms with Crippen molar-refractivity contribution in [3.05, 3.63) is 46.7 Å². The fourth-order valence-corrected chi connectivity index (χ4v) is 11.0. The average molecular weight is 811 g/mol. The fourth-order valence-electron chi connectivity index (χ4n) is 11.0. The van der Waals surface area contributed by atoms with Crippen molar-refractivity contribution in [2.45, 2.75) is 146 Å². The van der Waals surface area contributed by atoms with Crippen LogP contribution >= 0.6 is 0 Å². The number of allylic oxidation sites excluding steroid dienone is 6. The van der Waals surface area contributed by atoms with Gasteiger partial charge < -0.3 is 22.3 Å². The van der Waals surface area contributed by atoms with Crippen molar-refractivity contribution in [1.29, 1.82) is 0 Å². The molecule has 2 radical (unpaired) electrons. The molecule has 8 atom stereocenters. The Labute approximate surface area is 342 Å². The van der Waals surface area contributed by atoms with Crippen molar-refractivity contribution in [3.63, 3.8) is 0 Å². The first-order chi connectivity index (χ1) is 20.8. The van der Waals surface area contributed by atoms with Crippen LogP contribution in [0.5, 0.6) is 0 Å². The number of hydrogen-bond acceptors (Lipinski definition) is 5. The Morgan fingerprint density at radius 1 is 0.625 bits per heavy atom. The zero-order chi connectivity index (χ0) is 31.2. The fraction of sp³-hybridized carbons (Fsp3) is 0.732. The van der Waals surface area contributed by atoms with Gasteiger partial charge in [0.25, 0.3) is 0 Å². The second-order valence-electron chi connectivity index (χ2n) is 16.7. The molecule has 7 heteroatoms. The largest absolute Gasteiger partial charge is 0.431 e. The molecule has 8 rings (SSSR count). The maximum atomic E-state index is 12.9. The predicted octanol–water partition coefficient (Wildman–Crippen LogP) is 10.2. The zero-order valence-corrected chi connectivity index (χ0v) is 34.7. The van der Waals surface area contributed by atoms with Gasteiger partial charge in [0.2, 0.25) is 0 Å². The molecule has 2 heterocycles. The van der Waals surface area contributed by atoms with E-state index in [1.54, 1.807) is 0 Å². The Morgan fingerprint density at radius 3 is 1.52 bits per heavy atom. The summed E-state index contributed by atoms with van der Waals surface area (Å²) in [6, 6.07) is 0. The Kier molecular flexibility index (Phi) is 13.4. The molecule has 4 saturated carbocycles. The minimum Gasteiger partial charge on any atom is -0.431 e. The van der Waals surface area contributed by atoms with Gasteiger partial charge in [-0.15, -0.1) is 10.8 Å². The van der Waals surface area contributed by atoms with Crippen LogP contribution in [0.25, 0.3) is 0 Å². The molecular weight excluding hydrogens is 750 g/mol. The summed E-state index contributed by atoms with van der Waals surface area (Å²) in [6.45, 7) is 13.6. The molecule has 48 heavy (non-hydrogen) atoms. The summed E-state index contributed by atoms with van der Waals surface area (Å²) < 4.78 is 11.9. The Balaban J connectivity index is 0.000000241. The molecular formula is C41H60O5Y2-2. The smallest absolute Gasteiger partial charge is 0.315 e. The van der Waals surface area contributed by atoms with E-state index >= 15 is 0 Å². The van der Waals surface area contributed by atoms with E-state index in [2.05, 4.69) is 54.4 Å². The summed E-state index contributed by atoms with van der Waals surface area (Å²) in [4.78, 5) is 37.1. The molecule has 6 fully saturated rings. The molecule has 0 spiro atoms. The summed E-state index contributed by atoms with van der Waals surface area (Å²) in [6.07, 6.45) is 18.9. The summed E-state index contributed by atoms with van der Waals surface area (Å²) >= 11 is 0. The van der Waals surface area contributed by atoms with Gasteiger partial charge in [0.1, 0.15) is 17.3 Å². The average Bonchev–Trinajstić information content (AvgIpc) is 3.57. The number of fused-ring (bicyclic) bond motifs is 8. The molecule has 0 aromatic rings. The number of ether oxygens (including phenoxy) is 2. The molecule has 0 N–H and O–H groups in total. The summed E-state index contributed by atoms with van der Waals surface area (Å²) in [5.41, 5.74) is 6.03. The van der Waals surface area contributed by atoms with Crippen LogP contribution in [0.2, 0.25) is 0 Å². The van der Waals surface area contributed by atoms with Crippen molar-refractivity contribution in [2.24, 2.45) is 45.3 Å². The standard InChI is InChI=1S/C21H29O2.C18H23O3.2CH4.2Y/c1-13(2)14-7-11-21(4)16-8-10-20(3)9-5-6-15(20)18(16)23-19(22)17(21)12-14;1-17-7-3-4-12(17)15-13(6-8-17)18(2)9-5-11(19)10-14(18)16(20)21-15;;;;/h9,16-17H,5-8,10-12H2,1-4H3;7,13-14H,3-6,8-10H2,1-2H3;2*1H4;;/q2*-1;;;;. The van der Waals surface area contributed by atoms with E-state index in [1.807, 2.05) is 0 Å². The molecule has 0 amide bonds. The van der Waals surface area contributed by atoms with Gasteiger partial charge in [0.15, 0.2) is 0 Å². The van der Waals surface area contributed by atoms with Crippen molar-refractivity contribution < 1.29 is 89.3 Å². The Morgan fingerprint density at radius 2 is 1.06 bits per heavy atom. The number of esters is 2. The van der Waals surface area contributed by atoms with Crippen LogP contribution in [0, 0.1) is 58.2 Å². The quantitative estimate of drug-likeness (QED) is 0.139. The monoisotopic (exact) mass is 810 g/mol. The van der Waals surface area contributed by atoms with Gasteiger partial charge in [0.05, 0.1) is 11.8 Å². The maximum absolute atomic E-state index is 12.9. The Hall–Kier alpha value is 0.0378. The van der Waals surface area contributed by atoms with E-state index in [0.717, 1.165) is 75.7 Å². The summed E-state index contributed by atoms with van der Waals surface area (Å²) in [5.74, 6) is 2.81. The molecule has 2 saturated heterocycles. The third-order valence-electron chi connectivity index (χ3n) is 14.2. The van der Waals surface area contributed by atoms with Gasteiger partial charge in [-0.05, 0) is 63.2 Å². The number of rotatable bonds is 0.